The first-order chi connectivity index (χ1) is 9.18. The molecule has 0 bridgehead atoms. The largest absolute Gasteiger partial charge is 0.339 e. The van der Waals surface area contributed by atoms with Crippen LogP contribution in [0.2, 0.25) is 0 Å². The van der Waals surface area contributed by atoms with Crippen LogP contribution in [-0.4, -0.2) is 33.0 Å². The van der Waals surface area contributed by atoms with Gasteiger partial charge in [-0.2, -0.15) is 5.10 Å². The summed E-state index contributed by atoms with van der Waals surface area (Å²) < 4.78 is 0. The van der Waals surface area contributed by atoms with Gasteiger partial charge in [0.25, 0.3) is 0 Å². The van der Waals surface area contributed by atoms with Gasteiger partial charge in [-0.05, 0) is 30.5 Å². The van der Waals surface area contributed by atoms with Crippen LogP contribution in [0, 0.1) is 0 Å². The summed E-state index contributed by atoms with van der Waals surface area (Å²) in [6.07, 6.45) is 8.29. The van der Waals surface area contributed by atoms with Crippen molar-refractivity contribution in [2.24, 2.45) is 0 Å². The highest BCUT2D eigenvalue weighted by atomic mass is 16.2. The van der Waals surface area contributed by atoms with E-state index in [0.717, 1.165) is 11.1 Å². The van der Waals surface area contributed by atoms with Crippen molar-refractivity contribution in [3.8, 4) is 0 Å². The number of aromatic amines is 1. The number of aromatic nitrogens is 3. The number of carbonyl (C=O) groups excluding carboxylic acids is 1. The molecule has 0 radical (unpaired) electrons. The van der Waals surface area contributed by atoms with Gasteiger partial charge < -0.3 is 4.90 Å². The number of carbonyl (C=O) groups is 1. The highest BCUT2D eigenvalue weighted by molar-refractivity contribution is 5.76. The number of H-pyrrole nitrogens is 1. The second-order valence-corrected chi connectivity index (χ2v) is 4.57. The Morgan fingerprint density at radius 1 is 1.47 bits per heavy atom. The van der Waals surface area contributed by atoms with E-state index in [4.69, 9.17) is 0 Å². The van der Waals surface area contributed by atoms with E-state index in [0.29, 0.717) is 12.8 Å². The van der Waals surface area contributed by atoms with E-state index in [2.05, 4.69) is 15.2 Å². The predicted octanol–water partition coefficient (Wildman–Crippen LogP) is 1.96. The van der Waals surface area contributed by atoms with Crippen LogP contribution in [0.5, 0.6) is 0 Å². The van der Waals surface area contributed by atoms with Crippen molar-refractivity contribution in [2.45, 2.75) is 25.8 Å². The molecule has 1 amide bonds. The summed E-state index contributed by atoms with van der Waals surface area (Å²) >= 11 is 0. The van der Waals surface area contributed by atoms with Gasteiger partial charge in [0.15, 0.2) is 0 Å². The van der Waals surface area contributed by atoms with Crippen LogP contribution in [0.15, 0.2) is 36.9 Å². The molecule has 5 nitrogen and oxygen atoms in total. The van der Waals surface area contributed by atoms with Crippen molar-refractivity contribution < 1.29 is 4.79 Å². The second kappa shape index (κ2) is 6.13. The molecule has 2 aromatic rings. The Morgan fingerprint density at radius 2 is 2.32 bits per heavy atom. The first-order valence-electron chi connectivity index (χ1n) is 6.31. The molecule has 0 fully saturated rings. The topological polar surface area (TPSA) is 61.9 Å². The Balaban J connectivity index is 1.91. The first-order valence-corrected chi connectivity index (χ1v) is 6.31. The Morgan fingerprint density at radius 3 is 2.95 bits per heavy atom. The average Bonchev–Trinajstić information content (AvgIpc) is 2.97. The summed E-state index contributed by atoms with van der Waals surface area (Å²) in [6.45, 7) is 2.01. The molecule has 0 aliphatic carbocycles. The fourth-order valence-electron chi connectivity index (χ4n) is 1.90. The zero-order valence-electron chi connectivity index (χ0n) is 11.2. The lowest BCUT2D eigenvalue weighted by atomic mass is 10.1. The second-order valence-electron chi connectivity index (χ2n) is 4.57. The number of rotatable bonds is 5. The van der Waals surface area contributed by atoms with Gasteiger partial charge in [0.05, 0.1) is 12.2 Å². The average molecular weight is 258 g/mol. The monoisotopic (exact) mass is 258 g/mol. The molecule has 0 aliphatic heterocycles. The van der Waals surface area contributed by atoms with Crippen LogP contribution in [0.4, 0.5) is 0 Å². The molecule has 0 saturated carbocycles. The van der Waals surface area contributed by atoms with Gasteiger partial charge in [-0.25, -0.2) is 0 Å². The molecular weight excluding hydrogens is 240 g/mol. The summed E-state index contributed by atoms with van der Waals surface area (Å²) in [5, 5.41) is 6.62. The SMILES string of the molecule is CC(c1cccnc1)N(C)C(=O)CCc1cn[nH]c1. The minimum absolute atomic E-state index is 0.0329. The van der Waals surface area contributed by atoms with Gasteiger partial charge in [-0.1, -0.05) is 6.07 Å². The summed E-state index contributed by atoms with van der Waals surface area (Å²) in [4.78, 5) is 18.0. The Hall–Kier alpha value is -2.17. The number of nitrogens with one attached hydrogen (secondary N) is 1. The number of amides is 1. The Kier molecular flexibility index (Phi) is 4.28. The molecule has 100 valence electrons. The van der Waals surface area contributed by atoms with E-state index in [1.807, 2.05) is 32.3 Å². The third-order valence-electron chi connectivity index (χ3n) is 3.32. The van der Waals surface area contributed by atoms with Crippen LogP contribution in [0.3, 0.4) is 0 Å². The summed E-state index contributed by atoms with van der Waals surface area (Å²) in [5.41, 5.74) is 2.09. The maximum absolute atomic E-state index is 12.1. The van der Waals surface area contributed by atoms with Crippen molar-refractivity contribution in [3.63, 3.8) is 0 Å². The minimum atomic E-state index is 0.0329. The smallest absolute Gasteiger partial charge is 0.223 e. The maximum atomic E-state index is 12.1. The van der Waals surface area contributed by atoms with Crippen molar-refractivity contribution in [1.29, 1.82) is 0 Å². The molecule has 19 heavy (non-hydrogen) atoms. The normalized spacial score (nSPS) is 12.1. The molecule has 0 saturated heterocycles. The van der Waals surface area contributed by atoms with Gasteiger partial charge in [-0.3, -0.25) is 14.9 Å². The number of nitrogens with zero attached hydrogens (tertiary/aromatic N) is 3. The standard InChI is InChI=1S/C14H18N4O/c1-11(13-4-3-7-15-10-13)18(2)14(19)6-5-12-8-16-17-9-12/h3-4,7-11H,5-6H2,1-2H3,(H,16,17). The quantitative estimate of drug-likeness (QED) is 0.891. The van der Waals surface area contributed by atoms with Crippen LogP contribution in [-0.2, 0) is 11.2 Å². The number of hydrogen-bond donors (Lipinski definition) is 1. The molecule has 5 heteroatoms. The van der Waals surface area contributed by atoms with E-state index < -0.39 is 0 Å². The molecule has 0 spiro atoms. The molecule has 2 heterocycles. The molecular formula is C14H18N4O. The van der Waals surface area contributed by atoms with E-state index >= 15 is 0 Å². The third kappa shape index (κ3) is 3.40. The van der Waals surface area contributed by atoms with Gasteiger partial charge >= 0.3 is 0 Å². The Bertz CT molecular complexity index is 510. The number of hydrogen-bond acceptors (Lipinski definition) is 3. The lowest BCUT2D eigenvalue weighted by Gasteiger charge is -2.25. The molecule has 2 rings (SSSR count). The first kappa shape index (κ1) is 13.3. The zero-order chi connectivity index (χ0) is 13.7. The van der Waals surface area contributed by atoms with E-state index in [1.165, 1.54) is 0 Å². The van der Waals surface area contributed by atoms with Crippen molar-refractivity contribution >= 4 is 5.91 Å². The lowest BCUT2D eigenvalue weighted by molar-refractivity contribution is -0.131. The third-order valence-corrected chi connectivity index (χ3v) is 3.32. The molecule has 1 unspecified atom stereocenters. The highest BCUT2D eigenvalue weighted by Gasteiger charge is 2.17. The molecule has 1 N–H and O–H groups in total. The van der Waals surface area contributed by atoms with Crippen LogP contribution in [0.1, 0.15) is 30.5 Å². The van der Waals surface area contributed by atoms with E-state index in [-0.39, 0.29) is 11.9 Å². The summed E-state index contributed by atoms with van der Waals surface area (Å²) in [6, 6.07) is 3.90. The predicted molar refractivity (Wildman–Crippen MR) is 72.3 cm³/mol. The van der Waals surface area contributed by atoms with E-state index in [9.17, 15) is 4.79 Å². The maximum Gasteiger partial charge on any atom is 0.223 e. The van der Waals surface area contributed by atoms with Crippen LogP contribution in [0.25, 0.3) is 0 Å². The fourth-order valence-corrected chi connectivity index (χ4v) is 1.90. The van der Waals surface area contributed by atoms with Crippen molar-refractivity contribution in [2.75, 3.05) is 7.05 Å². The van der Waals surface area contributed by atoms with Gasteiger partial charge in [-0.15, -0.1) is 0 Å². The molecule has 0 aromatic carbocycles. The van der Waals surface area contributed by atoms with Gasteiger partial charge in [0.1, 0.15) is 0 Å². The number of pyridine rings is 1. The Labute approximate surface area is 112 Å². The zero-order valence-corrected chi connectivity index (χ0v) is 11.2. The minimum Gasteiger partial charge on any atom is -0.339 e. The van der Waals surface area contributed by atoms with Crippen LogP contribution < -0.4 is 0 Å². The molecule has 0 aliphatic rings. The highest BCUT2D eigenvalue weighted by Crippen LogP contribution is 2.18. The van der Waals surface area contributed by atoms with Crippen molar-refractivity contribution in [1.82, 2.24) is 20.1 Å². The van der Waals surface area contributed by atoms with Gasteiger partial charge in [0.2, 0.25) is 5.91 Å². The van der Waals surface area contributed by atoms with Crippen LogP contribution >= 0.6 is 0 Å². The molecule has 2 aromatic heterocycles. The lowest BCUT2D eigenvalue weighted by Crippen LogP contribution is -2.29. The number of aryl methyl sites for hydroxylation is 1. The van der Waals surface area contributed by atoms with E-state index in [1.54, 1.807) is 23.5 Å². The molecule has 1 atom stereocenters. The van der Waals surface area contributed by atoms with Gasteiger partial charge in [0, 0.05) is 32.1 Å². The fraction of sp³-hybridized carbons (Fsp3) is 0.357. The summed E-state index contributed by atoms with van der Waals surface area (Å²) in [5.74, 6) is 0.123. The summed E-state index contributed by atoms with van der Waals surface area (Å²) in [7, 11) is 1.83. The van der Waals surface area contributed by atoms with Crippen molar-refractivity contribution in [3.05, 3.63) is 48.0 Å².